The second-order valence-electron chi connectivity index (χ2n) is 8.46. The number of phenolic OH excluding ortho intramolecular Hbond substituents is 1. The molecular formula is C20H25Cl2N3O4. The first-order valence-electron chi connectivity index (χ1n) is 9.97. The summed E-state index contributed by atoms with van der Waals surface area (Å²) in [6.45, 7) is 1.25. The molecule has 4 aliphatic rings. The molecule has 9 heteroatoms. The zero-order chi connectivity index (χ0) is 20.6. The van der Waals surface area contributed by atoms with Crippen LogP contribution in [0.5, 0.6) is 5.75 Å². The molecule has 4 N–H and O–H groups in total. The molecule has 1 heterocycles. The third-order valence-electron chi connectivity index (χ3n) is 6.54. The predicted molar refractivity (Wildman–Crippen MR) is 110 cm³/mol. The van der Waals surface area contributed by atoms with E-state index in [1.54, 1.807) is 0 Å². The Morgan fingerprint density at radius 3 is 2.24 bits per heavy atom. The third kappa shape index (κ3) is 4.27. The van der Waals surface area contributed by atoms with E-state index in [0.717, 1.165) is 44.9 Å². The number of carbonyl (C=O) groups is 2. The van der Waals surface area contributed by atoms with Crippen LogP contribution in [-0.4, -0.2) is 47.4 Å². The molecule has 5 rings (SSSR count). The van der Waals surface area contributed by atoms with Crippen molar-refractivity contribution in [1.82, 2.24) is 16.0 Å². The third-order valence-corrected chi connectivity index (χ3v) is 7.05. The Bertz CT molecular complexity index is 802. The maximum absolute atomic E-state index is 12.8. The van der Waals surface area contributed by atoms with Crippen molar-refractivity contribution in [2.24, 2.45) is 0 Å². The Labute approximate surface area is 179 Å². The number of hydrogen-bond donors (Lipinski definition) is 4. The lowest BCUT2D eigenvalue weighted by molar-refractivity contribution is 0.0525. The molecule has 4 fully saturated rings. The number of fused-ring (bicyclic) bond motifs is 3. The van der Waals surface area contributed by atoms with Gasteiger partial charge in [-0.15, -0.1) is 0 Å². The zero-order valence-electron chi connectivity index (χ0n) is 16.0. The van der Waals surface area contributed by atoms with E-state index < -0.39 is 0 Å². The van der Waals surface area contributed by atoms with E-state index in [9.17, 15) is 14.7 Å². The number of amides is 3. The molecule has 3 aliphatic carbocycles. The van der Waals surface area contributed by atoms with E-state index in [-0.39, 0.29) is 45.4 Å². The number of phenols is 1. The van der Waals surface area contributed by atoms with Crippen LogP contribution in [0.3, 0.4) is 0 Å². The van der Waals surface area contributed by atoms with Gasteiger partial charge in [-0.05, 0) is 57.1 Å². The summed E-state index contributed by atoms with van der Waals surface area (Å²) in [5, 5.41) is 19.7. The minimum atomic E-state index is -0.381. The normalized spacial score (nSPS) is 30.8. The molecule has 158 valence electrons. The van der Waals surface area contributed by atoms with Crippen LogP contribution in [-0.2, 0) is 4.74 Å². The largest absolute Gasteiger partial charge is 0.506 e. The number of urea groups is 1. The fourth-order valence-corrected chi connectivity index (χ4v) is 5.21. The standard InChI is InChI=1S/C20H25Cl2N3O4/c21-12-9-14(16(26)15(22)10-12)17(27)24-19-2-5-20(6-3-19,7-4-19)25-18(28)23-13-1-8-29-11-13/h9-10,13,26H,1-8,11H2,(H,24,27)(H2,23,25,28). The van der Waals surface area contributed by atoms with Crippen LogP contribution < -0.4 is 16.0 Å². The van der Waals surface area contributed by atoms with Gasteiger partial charge in [0.2, 0.25) is 0 Å². The quantitative estimate of drug-likeness (QED) is 0.575. The van der Waals surface area contributed by atoms with Crippen LogP contribution in [0.4, 0.5) is 4.79 Å². The molecule has 1 aromatic rings. The average Bonchev–Trinajstić information content (AvgIpc) is 3.18. The van der Waals surface area contributed by atoms with Gasteiger partial charge in [-0.25, -0.2) is 4.79 Å². The van der Waals surface area contributed by atoms with Gasteiger partial charge in [-0.2, -0.15) is 0 Å². The topological polar surface area (TPSA) is 99.7 Å². The van der Waals surface area contributed by atoms with E-state index in [4.69, 9.17) is 27.9 Å². The van der Waals surface area contributed by atoms with Gasteiger partial charge >= 0.3 is 6.03 Å². The minimum absolute atomic E-state index is 0.0503. The first-order chi connectivity index (χ1) is 13.8. The lowest BCUT2D eigenvalue weighted by atomic mass is 9.61. The molecule has 1 saturated heterocycles. The number of ether oxygens (including phenoxy) is 1. The zero-order valence-corrected chi connectivity index (χ0v) is 17.5. The lowest BCUT2D eigenvalue weighted by Crippen LogP contribution is -2.65. The molecule has 1 aromatic carbocycles. The number of aromatic hydroxyl groups is 1. The van der Waals surface area contributed by atoms with Crippen LogP contribution in [0, 0.1) is 0 Å². The van der Waals surface area contributed by atoms with Crippen LogP contribution in [0.15, 0.2) is 12.1 Å². The number of benzene rings is 1. The average molecular weight is 442 g/mol. The molecule has 3 saturated carbocycles. The second-order valence-corrected chi connectivity index (χ2v) is 9.30. The summed E-state index contributed by atoms with van der Waals surface area (Å²) >= 11 is 11.9. The Kier molecular flexibility index (Phi) is 5.57. The van der Waals surface area contributed by atoms with Gasteiger partial charge < -0.3 is 25.8 Å². The summed E-state index contributed by atoms with van der Waals surface area (Å²) in [6, 6.07) is 2.76. The van der Waals surface area contributed by atoms with Gasteiger partial charge in [0.25, 0.3) is 5.91 Å². The highest BCUT2D eigenvalue weighted by atomic mass is 35.5. The van der Waals surface area contributed by atoms with Crippen molar-refractivity contribution in [2.75, 3.05) is 13.2 Å². The maximum Gasteiger partial charge on any atom is 0.315 e. The lowest BCUT2D eigenvalue weighted by Gasteiger charge is -2.53. The fraction of sp³-hybridized carbons (Fsp3) is 0.600. The fourth-order valence-electron chi connectivity index (χ4n) is 4.72. The van der Waals surface area contributed by atoms with E-state index in [1.165, 1.54) is 12.1 Å². The first kappa shape index (κ1) is 20.6. The minimum Gasteiger partial charge on any atom is -0.506 e. The van der Waals surface area contributed by atoms with Gasteiger partial charge in [-0.3, -0.25) is 4.79 Å². The van der Waals surface area contributed by atoms with E-state index >= 15 is 0 Å². The molecule has 0 radical (unpaired) electrons. The Morgan fingerprint density at radius 2 is 1.66 bits per heavy atom. The predicted octanol–water partition coefficient (Wildman–Crippen LogP) is 3.36. The molecule has 3 amide bonds. The highest BCUT2D eigenvalue weighted by Gasteiger charge is 2.50. The number of carbonyl (C=O) groups excluding carboxylic acids is 2. The molecule has 1 unspecified atom stereocenters. The molecule has 7 nitrogen and oxygen atoms in total. The van der Waals surface area contributed by atoms with Gasteiger partial charge in [0.05, 0.1) is 23.2 Å². The van der Waals surface area contributed by atoms with E-state index in [0.29, 0.717) is 18.2 Å². The van der Waals surface area contributed by atoms with Crippen LogP contribution >= 0.6 is 23.2 Å². The van der Waals surface area contributed by atoms with Gasteiger partial charge in [-0.1, -0.05) is 23.2 Å². The Balaban J connectivity index is 1.37. The van der Waals surface area contributed by atoms with E-state index in [2.05, 4.69) is 16.0 Å². The number of rotatable bonds is 4. The van der Waals surface area contributed by atoms with Crippen molar-refractivity contribution in [3.63, 3.8) is 0 Å². The summed E-state index contributed by atoms with van der Waals surface area (Å²) in [5.74, 6) is -0.645. The van der Waals surface area contributed by atoms with Crippen molar-refractivity contribution in [3.8, 4) is 5.75 Å². The highest BCUT2D eigenvalue weighted by molar-refractivity contribution is 6.36. The molecule has 1 atom stereocenters. The Hall–Kier alpha value is -1.70. The van der Waals surface area contributed by atoms with Crippen LogP contribution in [0.2, 0.25) is 10.0 Å². The SMILES string of the molecule is O=C(NC1CCOC1)NC12CCC(NC(=O)c3cc(Cl)cc(Cl)c3O)(CC1)CC2. The van der Waals surface area contributed by atoms with Crippen molar-refractivity contribution < 1.29 is 19.4 Å². The van der Waals surface area contributed by atoms with Crippen molar-refractivity contribution in [3.05, 3.63) is 27.7 Å². The monoisotopic (exact) mass is 441 g/mol. The van der Waals surface area contributed by atoms with Gasteiger partial charge in [0.1, 0.15) is 5.75 Å². The molecule has 1 aliphatic heterocycles. The molecule has 0 aromatic heterocycles. The highest BCUT2D eigenvalue weighted by Crippen LogP contribution is 2.47. The van der Waals surface area contributed by atoms with Gasteiger partial charge in [0, 0.05) is 22.7 Å². The summed E-state index contributed by atoms with van der Waals surface area (Å²) in [7, 11) is 0. The Morgan fingerprint density at radius 1 is 1.03 bits per heavy atom. The van der Waals surface area contributed by atoms with E-state index in [1.807, 2.05) is 0 Å². The van der Waals surface area contributed by atoms with Crippen LogP contribution in [0.1, 0.15) is 55.3 Å². The first-order valence-corrected chi connectivity index (χ1v) is 10.7. The van der Waals surface area contributed by atoms with Crippen LogP contribution in [0.25, 0.3) is 0 Å². The summed E-state index contributed by atoms with van der Waals surface area (Å²) < 4.78 is 5.30. The summed E-state index contributed by atoms with van der Waals surface area (Å²) in [6.07, 6.45) is 5.52. The maximum atomic E-state index is 12.8. The number of halogens is 2. The van der Waals surface area contributed by atoms with Crippen molar-refractivity contribution >= 4 is 35.1 Å². The summed E-state index contributed by atoms with van der Waals surface area (Å²) in [4.78, 5) is 25.2. The number of nitrogens with one attached hydrogen (secondary N) is 3. The number of hydrogen-bond acceptors (Lipinski definition) is 4. The molecule has 29 heavy (non-hydrogen) atoms. The molecular weight excluding hydrogens is 417 g/mol. The molecule has 2 bridgehead atoms. The smallest absolute Gasteiger partial charge is 0.315 e. The molecule has 0 spiro atoms. The van der Waals surface area contributed by atoms with Gasteiger partial charge in [0.15, 0.2) is 0 Å². The van der Waals surface area contributed by atoms with Crippen molar-refractivity contribution in [2.45, 2.75) is 62.1 Å². The van der Waals surface area contributed by atoms with Crippen molar-refractivity contribution in [1.29, 1.82) is 0 Å². The second kappa shape index (κ2) is 7.85. The summed E-state index contributed by atoms with van der Waals surface area (Å²) in [5.41, 5.74) is -0.481.